The molecule has 4 bridgehead atoms. The SMILES string of the molecule is COc1cc2c(cc1O)CCN[C@]21CN[C@H]2c3c(OC(C)=O)c(C)c4c(c3[C@H](COC1=O)N1C[C@@H]3Cc5cc(C)c(OC)c(O)c5[C@@H](N3)[C@H]21)OCO4. The van der Waals surface area contributed by atoms with E-state index in [1.807, 2.05) is 13.8 Å². The van der Waals surface area contributed by atoms with Gasteiger partial charge in [0.1, 0.15) is 12.4 Å². The van der Waals surface area contributed by atoms with Crippen molar-refractivity contribution in [2.24, 2.45) is 0 Å². The Labute approximate surface area is 300 Å². The van der Waals surface area contributed by atoms with Crippen LogP contribution in [0.25, 0.3) is 0 Å². The summed E-state index contributed by atoms with van der Waals surface area (Å²) in [7, 11) is 3.03. The van der Waals surface area contributed by atoms with Crippen molar-refractivity contribution in [2.75, 3.05) is 47.3 Å². The largest absolute Gasteiger partial charge is 0.504 e. The molecule has 7 heterocycles. The van der Waals surface area contributed by atoms with Gasteiger partial charge in [-0.1, -0.05) is 6.07 Å². The number of benzene rings is 3. The lowest BCUT2D eigenvalue weighted by atomic mass is 9.72. The van der Waals surface area contributed by atoms with Crippen LogP contribution < -0.4 is 39.6 Å². The second-order valence-corrected chi connectivity index (χ2v) is 14.6. The van der Waals surface area contributed by atoms with Crippen molar-refractivity contribution in [1.82, 2.24) is 20.9 Å². The molecule has 6 atom stereocenters. The molecular weight excluding hydrogens is 672 g/mol. The summed E-state index contributed by atoms with van der Waals surface area (Å²) in [6.45, 7) is 6.21. The maximum atomic E-state index is 14.6. The van der Waals surface area contributed by atoms with Crippen LogP contribution in [0.1, 0.15) is 69.6 Å². The summed E-state index contributed by atoms with van der Waals surface area (Å²) in [6.07, 6.45) is 1.25. The molecule has 3 aromatic carbocycles. The van der Waals surface area contributed by atoms with Crippen molar-refractivity contribution >= 4 is 11.9 Å². The van der Waals surface area contributed by atoms with E-state index in [1.165, 1.54) is 14.0 Å². The predicted octanol–water partition coefficient (Wildman–Crippen LogP) is 2.61. The summed E-state index contributed by atoms with van der Waals surface area (Å²) in [5, 5.41) is 33.6. The molecule has 0 radical (unpaired) electrons. The molecule has 10 rings (SSSR count). The van der Waals surface area contributed by atoms with Crippen molar-refractivity contribution < 1.29 is 48.2 Å². The van der Waals surface area contributed by atoms with Crippen LogP contribution in [-0.4, -0.2) is 86.4 Å². The fourth-order valence-electron chi connectivity index (χ4n) is 9.77. The van der Waals surface area contributed by atoms with Crippen LogP contribution in [0.4, 0.5) is 0 Å². The second-order valence-electron chi connectivity index (χ2n) is 14.6. The van der Waals surface area contributed by atoms with E-state index in [1.54, 1.807) is 19.2 Å². The molecule has 7 aliphatic heterocycles. The minimum Gasteiger partial charge on any atom is -0.504 e. The Hall–Kier alpha value is -4.76. The van der Waals surface area contributed by atoms with Crippen LogP contribution in [0, 0.1) is 13.8 Å². The first kappa shape index (κ1) is 33.1. The third kappa shape index (κ3) is 4.57. The first-order chi connectivity index (χ1) is 25.1. The minimum absolute atomic E-state index is 0.00807. The van der Waals surface area contributed by atoms with Gasteiger partial charge in [0.25, 0.3) is 0 Å². The number of hydrogen-bond donors (Lipinski definition) is 5. The number of methoxy groups -OCH3 is 2. The number of carbonyl (C=O) groups is 2. The smallest absolute Gasteiger partial charge is 0.332 e. The zero-order valence-corrected chi connectivity index (χ0v) is 29.7. The van der Waals surface area contributed by atoms with Gasteiger partial charge in [0.05, 0.1) is 32.3 Å². The normalized spacial score (nSPS) is 28.2. The second kappa shape index (κ2) is 11.9. The zero-order valence-electron chi connectivity index (χ0n) is 29.7. The number of nitrogens with one attached hydrogen (secondary N) is 3. The van der Waals surface area contributed by atoms with Gasteiger partial charge in [-0.25, -0.2) is 4.79 Å². The molecule has 0 unspecified atom stereocenters. The monoisotopic (exact) mass is 714 g/mol. The highest BCUT2D eigenvalue weighted by Gasteiger charge is 2.57. The molecule has 0 aromatic heterocycles. The number of piperazine rings is 1. The fraction of sp³-hybridized carbons (Fsp3) is 0.474. The van der Waals surface area contributed by atoms with Crippen molar-refractivity contribution in [3.05, 3.63) is 62.7 Å². The highest BCUT2D eigenvalue weighted by molar-refractivity contribution is 5.85. The molecule has 2 saturated heterocycles. The van der Waals surface area contributed by atoms with E-state index >= 15 is 0 Å². The van der Waals surface area contributed by atoms with E-state index in [2.05, 4.69) is 26.9 Å². The van der Waals surface area contributed by atoms with Gasteiger partial charge in [0, 0.05) is 60.9 Å². The summed E-state index contributed by atoms with van der Waals surface area (Å²) in [6, 6.07) is 3.55. The number of aryl methyl sites for hydroxylation is 1. The van der Waals surface area contributed by atoms with Gasteiger partial charge in [-0.15, -0.1) is 0 Å². The zero-order chi connectivity index (χ0) is 36.2. The Morgan fingerprint density at radius 2 is 1.79 bits per heavy atom. The molecule has 5 N–H and O–H groups in total. The number of ether oxygens (including phenoxy) is 6. The molecule has 14 nitrogen and oxygen atoms in total. The lowest BCUT2D eigenvalue weighted by Crippen LogP contribution is -2.68. The molecule has 0 saturated carbocycles. The lowest BCUT2D eigenvalue weighted by Gasteiger charge is -2.58. The van der Waals surface area contributed by atoms with E-state index < -0.39 is 35.6 Å². The topological polar surface area (TPSA) is 169 Å². The third-order valence-corrected chi connectivity index (χ3v) is 11.8. The molecule has 7 aliphatic rings. The number of phenolic OH excluding ortho intramolecular Hbond substituents is 2. The van der Waals surface area contributed by atoms with Gasteiger partial charge in [-0.2, -0.15) is 0 Å². The Kier molecular flexibility index (Phi) is 7.56. The van der Waals surface area contributed by atoms with E-state index in [4.69, 9.17) is 28.4 Å². The highest BCUT2D eigenvalue weighted by Crippen LogP contribution is 2.59. The molecule has 274 valence electrons. The molecule has 1 spiro atoms. The maximum absolute atomic E-state index is 14.6. The van der Waals surface area contributed by atoms with Crippen molar-refractivity contribution in [3.8, 4) is 40.2 Å². The number of hydrogen-bond acceptors (Lipinski definition) is 14. The summed E-state index contributed by atoms with van der Waals surface area (Å²) in [5.74, 6) is 1.17. The Morgan fingerprint density at radius 3 is 2.56 bits per heavy atom. The molecule has 52 heavy (non-hydrogen) atoms. The predicted molar refractivity (Wildman–Crippen MR) is 184 cm³/mol. The number of phenols is 2. The van der Waals surface area contributed by atoms with Gasteiger partial charge >= 0.3 is 11.9 Å². The van der Waals surface area contributed by atoms with Crippen LogP contribution >= 0.6 is 0 Å². The van der Waals surface area contributed by atoms with Crippen LogP contribution in [0.15, 0.2) is 18.2 Å². The number of esters is 2. The average Bonchev–Trinajstić information content (AvgIpc) is 3.61. The maximum Gasteiger partial charge on any atom is 0.332 e. The van der Waals surface area contributed by atoms with Gasteiger partial charge in [-0.05, 0) is 61.1 Å². The van der Waals surface area contributed by atoms with E-state index in [0.717, 1.165) is 27.8 Å². The van der Waals surface area contributed by atoms with Crippen molar-refractivity contribution in [1.29, 1.82) is 0 Å². The first-order valence-corrected chi connectivity index (χ1v) is 17.7. The number of fused-ring (bicyclic) bond motifs is 9. The quantitative estimate of drug-likeness (QED) is 0.198. The van der Waals surface area contributed by atoms with Crippen molar-refractivity contribution in [3.63, 3.8) is 0 Å². The number of nitrogens with zero attached hydrogens (tertiary/aromatic N) is 1. The first-order valence-electron chi connectivity index (χ1n) is 17.7. The van der Waals surface area contributed by atoms with Gasteiger partial charge in [0.15, 0.2) is 40.0 Å². The number of carbonyl (C=O) groups excluding carboxylic acids is 2. The minimum atomic E-state index is -1.36. The van der Waals surface area contributed by atoms with Crippen LogP contribution in [-0.2, 0) is 32.7 Å². The Balaban J connectivity index is 1.29. The molecule has 14 heteroatoms. The summed E-state index contributed by atoms with van der Waals surface area (Å²) in [5.41, 5.74) is 4.79. The summed E-state index contributed by atoms with van der Waals surface area (Å²) < 4.78 is 35.9. The van der Waals surface area contributed by atoms with Gasteiger partial charge in [-0.3, -0.25) is 15.0 Å². The van der Waals surface area contributed by atoms with Crippen LogP contribution in [0.2, 0.25) is 0 Å². The van der Waals surface area contributed by atoms with Gasteiger partial charge in [0.2, 0.25) is 6.79 Å². The van der Waals surface area contributed by atoms with Crippen molar-refractivity contribution in [2.45, 2.75) is 69.4 Å². The molecule has 2 fully saturated rings. The fourth-order valence-corrected chi connectivity index (χ4v) is 9.77. The van der Waals surface area contributed by atoms with Crippen LogP contribution in [0.5, 0.6) is 40.2 Å². The third-order valence-electron chi connectivity index (χ3n) is 11.8. The van der Waals surface area contributed by atoms with E-state index in [9.17, 15) is 19.8 Å². The van der Waals surface area contributed by atoms with E-state index in [0.29, 0.717) is 65.6 Å². The van der Waals surface area contributed by atoms with Gasteiger partial charge < -0.3 is 49.3 Å². The molecule has 0 amide bonds. The number of rotatable bonds is 3. The number of aromatic hydroxyl groups is 2. The standard InChI is InChI=1S/C38H42N4O10/c1-16-8-20-9-21-12-42-23-13-49-37(46)38(22-11-25(47-4)24(44)10-19(22)6-7-40-38)14-39-29(31(42)30(41-21)26(20)32(45)33(16)48-5)28-27(23)36-35(50-15-51-36)17(2)34(28)52-18(3)43/h8,10-11,21,23,29-31,39-41,44-45H,6-7,9,12-15H2,1-5H3/t21-,23-,29-,30+,31-,38+/m0/s1. The Morgan fingerprint density at radius 1 is 0.981 bits per heavy atom. The van der Waals surface area contributed by atoms with E-state index in [-0.39, 0.29) is 49.3 Å². The molecule has 0 aliphatic carbocycles. The lowest BCUT2D eigenvalue weighted by molar-refractivity contribution is -0.157. The highest BCUT2D eigenvalue weighted by atomic mass is 16.7. The average molecular weight is 715 g/mol. The molecule has 3 aromatic rings. The summed E-state index contributed by atoms with van der Waals surface area (Å²) >= 11 is 0. The Bertz CT molecular complexity index is 2050. The van der Waals surface area contributed by atoms with Crippen LogP contribution in [0.3, 0.4) is 0 Å². The summed E-state index contributed by atoms with van der Waals surface area (Å²) in [4.78, 5) is 29.7. The molecular formula is C38H42N4O10.